The van der Waals surface area contributed by atoms with Crippen molar-refractivity contribution in [2.24, 2.45) is 0 Å². The number of aliphatic hydroxyl groups is 1. The Morgan fingerprint density at radius 2 is 2.00 bits per heavy atom. The van der Waals surface area contributed by atoms with E-state index in [9.17, 15) is 5.11 Å². The van der Waals surface area contributed by atoms with Gasteiger partial charge in [0.2, 0.25) is 0 Å². The third-order valence-corrected chi connectivity index (χ3v) is 3.68. The van der Waals surface area contributed by atoms with Crippen LogP contribution in [0.5, 0.6) is 5.75 Å². The highest BCUT2D eigenvalue weighted by atomic mass is 16.5. The lowest BCUT2D eigenvalue weighted by Gasteiger charge is -2.34. The zero-order chi connectivity index (χ0) is 15.1. The first-order valence-electron chi connectivity index (χ1n) is 7.43. The van der Waals surface area contributed by atoms with E-state index in [0.29, 0.717) is 19.7 Å². The molecule has 0 aromatic heterocycles. The molecule has 1 fully saturated rings. The molecule has 4 nitrogen and oxygen atoms in total. The number of ether oxygens (including phenoxy) is 1. The molecule has 0 spiro atoms. The van der Waals surface area contributed by atoms with Crippen LogP contribution in [0.4, 0.5) is 0 Å². The second kappa shape index (κ2) is 8.04. The van der Waals surface area contributed by atoms with E-state index in [1.807, 2.05) is 31.2 Å². The number of hydrogen-bond acceptors (Lipinski definition) is 4. The fraction of sp³-hybridized carbons (Fsp3) is 0.529. The molecular formula is C17H24N2O2. The zero-order valence-corrected chi connectivity index (χ0v) is 12.7. The van der Waals surface area contributed by atoms with Gasteiger partial charge in [-0.05, 0) is 24.6 Å². The average Bonchev–Trinajstić information content (AvgIpc) is 2.48. The van der Waals surface area contributed by atoms with Gasteiger partial charge >= 0.3 is 0 Å². The van der Waals surface area contributed by atoms with E-state index in [2.05, 4.69) is 15.7 Å². The van der Waals surface area contributed by atoms with Crippen LogP contribution in [0, 0.1) is 19.3 Å². The first kappa shape index (κ1) is 15.8. The largest absolute Gasteiger partial charge is 0.491 e. The number of aliphatic hydroxyl groups excluding tert-OH is 1. The van der Waals surface area contributed by atoms with Crippen LogP contribution in [-0.4, -0.2) is 66.9 Å². The molecule has 21 heavy (non-hydrogen) atoms. The zero-order valence-electron chi connectivity index (χ0n) is 12.7. The van der Waals surface area contributed by atoms with Crippen LogP contribution in [0.3, 0.4) is 0 Å². The molecule has 0 saturated carbocycles. The SMILES string of the molecule is C#CCN1CCN(CC(O)COc2cccc(C)c2)CC1. The molecule has 1 aliphatic heterocycles. The molecule has 1 N–H and O–H groups in total. The van der Waals surface area contributed by atoms with Gasteiger partial charge in [-0.25, -0.2) is 0 Å². The summed E-state index contributed by atoms with van der Waals surface area (Å²) in [5.41, 5.74) is 1.16. The third kappa shape index (κ3) is 5.39. The summed E-state index contributed by atoms with van der Waals surface area (Å²) in [6.45, 7) is 7.55. The second-order valence-electron chi connectivity index (χ2n) is 5.56. The van der Waals surface area contributed by atoms with Gasteiger partial charge in [0, 0.05) is 32.7 Å². The molecule has 0 aliphatic carbocycles. The summed E-state index contributed by atoms with van der Waals surface area (Å²) in [7, 11) is 0. The van der Waals surface area contributed by atoms with Gasteiger partial charge in [0.25, 0.3) is 0 Å². The minimum Gasteiger partial charge on any atom is -0.491 e. The summed E-state index contributed by atoms with van der Waals surface area (Å²) in [6.07, 6.45) is 4.85. The first-order chi connectivity index (χ1) is 10.2. The van der Waals surface area contributed by atoms with Gasteiger partial charge in [-0.2, -0.15) is 0 Å². The number of hydrogen-bond donors (Lipinski definition) is 1. The van der Waals surface area contributed by atoms with Gasteiger partial charge in [-0.1, -0.05) is 18.1 Å². The van der Waals surface area contributed by atoms with Crippen LogP contribution in [0.2, 0.25) is 0 Å². The van der Waals surface area contributed by atoms with E-state index in [1.165, 1.54) is 0 Å². The first-order valence-corrected chi connectivity index (χ1v) is 7.43. The highest BCUT2D eigenvalue weighted by Crippen LogP contribution is 2.12. The smallest absolute Gasteiger partial charge is 0.119 e. The predicted molar refractivity (Wildman–Crippen MR) is 84.4 cm³/mol. The van der Waals surface area contributed by atoms with E-state index in [1.54, 1.807) is 0 Å². The van der Waals surface area contributed by atoms with Gasteiger partial charge in [-0.15, -0.1) is 6.42 Å². The Morgan fingerprint density at radius 3 is 2.67 bits per heavy atom. The lowest BCUT2D eigenvalue weighted by molar-refractivity contribution is 0.0485. The minimum atomic E-state index is -0.468. The van der Waals surface area contributed by atoms with Crippen LogP contribution in [0.25, 0.3) is 0 Å². The Labute approximate surface area is 127 Å². The van der Waals surface area contributed by atoms with E-state index >= 15 is 0 Å². The molecule has 4 heteroatoms. The number of aryl methyl sites for hydroxylation is 1. The number of rotatable bonds is 6. The summed E-state index contributed by atoms with van der Waals surface area (Å²) < 4.78 is 5.64. The Morgan fingerprint density at radius 1 is 1.29 bits per heavy atom. The van der Waals surface area contributed by atoms with E-state index in [0.717, 1.165) is 37.5 Å². The van der Waals surface area contributed by atoms with Gasteiger partial charge in [0.1, 0.15) is 18.5 Å². The number of terminal acetylenes is 1. The molecule has 1 heterocycles. The molecule has 1 aromatic carbocycles. The minimum absolute atomic E-state index is 0.327. The second-order valence-corrected chi connectivity index (χ2v) is 5.56. The topological polar surface area (TPSA) is 35.9 Å². The maximum atomic E-state index is 10.1. The summed E-state index contributed by atoms with van der Waals surface area (Å²) in [4.78, 5) is 4.52. The monoisotopic (exact) mass is 288 g/mol. The molecule has 0 bridgehead atoms. The van der Waals surface area contributed by atoms with Crippen LogP contribution >= 0.6 is 0 Å². The van der Waals surface area contributed by atoms with Gasteiger partial charge < -0.3 is 9.84 Å². The number of β-amino-alcohol motifs (C(OH)–C–C–N with tert-alkyl or cyclic N) is 1. The molecule has 1 unspecified atom stereocenters. The predicted octanol–water partition coefficient (Wildman–Crippen LogP) is 0.986. The highest BCUT2D eigenvalue weighted by Gasteiger charge is 2.18. The number of nitrogens with zero attached hydrogens (tertiary/aromatic N) is 2. The highest BCUT2D eigenvalue weighted by molar-refractivity contribution is 5.27. The summed E-state index contributed by atoms with van der Waals surface area (Å²) >= 11 is 0. The molecular weight excluding hydrogens is 264 g/mol. The molecule has 2 rings (SSSR count). The Hall–Kier alpha value is -1.54. The quantitative estimate of drug-likeness (QED) is 0.792. The molecule has 0 amide bonds. The Bertz CT molecular complexity index is 476. The van der Waals surface area contributed by atoms with Gasteiger partial charge in [0.05, 0.1) is 6.54 Å². The molecule has 114 valence electrons. The van der Waals surface area contributed by atoms with Crippen molar-refractivity contribution in [1.82, 2.24) is 9.80 Å². The molecule has 1 saturated heterocycles. The van der Waals surface area contributed by atoms with Crippen LogP contribution in [0.1, 0.15) is 5.56 Å². The van der Waals surface area contributed by atoms with Crippen molar-refractivity contribution in [3.8, 4) is 18.1 Å². The maximum absolute atomic E-state index is 10.1. The summed E-state index contributed by atoms with van der Waals surface area (Å²) in [5.74, 6) is 3.49. The van der Waals surface area contributed by atoms with Gasteiger partial charge in [0.15, 0.2) is 0 Å². The van der Waals surface area contributed by atoms with Crippen LogP contribution in [0.15, 0.2) is 24.3 Å². The molecule has 1 aliphatic rings. The third-order valence-electron chi connectivity index (χ3n) is 3.68. The van der Waals surface area contributed by atoms with Crippen molar-refractivity contribution < 1.29 is 9.84 Å². The number of benzene rings is 1. The molecule has 1 atom stereocenters. The van der Waals surface area contributed by atoms with E-state index in [4.69, 9.17) is 11.2 Å². The average molecular weight is 288 g/mol. The van der Waals surface area contributed by atoms with Crippen molar-refractivity contribution in [3.05, 3.63) is 29.8 Å². The standard InChI is InChI=1S/C17H24N2O2/c1-3-7-18-8-10-19(11-9-18)13-16(20)14-21-17-6-4-5-15(2)12-17/h1,4-6,12,16,20H,7-11,13-14H2,2H3. The van der Waals surface area contributed by atoms with Crippen molar-refractivity contribution in [2.45, 2.75) is 13.0 Å². The fourth-order valence-electron chi connectivity index (χ4n) is 2.51. The van der Waals surface area contributed by atoms with E-state index < -0.39 is 6.10 Å². The van der Waals surface area contributed by atoms with Crippen molar-refractivity contribution in [3.63, 3.8) is 0 Å². The Balaban J connectivity index is 1.68. The maximum Gasteiger partial charge on any atom is 0.119 e. The Kier molecular flexibility index (Phi) is 6.06. The van der Waals surface area contributed by atoms with Crippen LogP contribution < -0.4 is 4.74 Å². The van der Waals surface area contributed by atoms with Crippen molar-refractivity contribution in [2.75, 3.05) is 45.9 Å². The molecule has 1 aromatic rings. The summed E-state index contributed by atoms with van der Waals surface area (Å²) in [6, 6.07) is 7.88. The summed E-state index contributed by atoms with van der Waals surface area (Å²) in [5, 5.41) is 10.1. The normalized spacial score (nSPS) is 18.1. The number of piperazine rings is 1. The van der Waals surface area contributed by atoms with Gasteiger partial charge in [-0.3, -0.25) is 9.80 Å². The van der Waals surface area contributed by atoms with E-state index in [-0.39, 0.29) is 0 Å². The lowest BCUT2D eigenvalue weighted by Crippen LogP contribution is -2.49. The van der Waals surface area contributed by atoms with Crippen LogP contribution in [-0.2, 0) is 0 Å². The fourth-order valence-corrected chi connectivity index (χ4v) is 2.51. The lowest BCUT2D eigenvalue weighted by atomic mass is 10.2. The molecule has 0 radical (unpaired) electrons. The van der Waals surface area contributed by atoms with Crippen molar-refractivity contribution >= 4 is 0 Å². The van der Waals surface area contributed by atoms with Crippen molar-refractivity contribution in [1.29, 1.82) is 0 Å².